The number of carbonyl (C=O) groups excluding carboxylic acids is 1. The van der Waals surface area contributed by atoms with Crippen molar-refractivity contribution in [3.05, 3.63) is 21.9 Å². The maximum atomic E-state index is 11.3. The third kappa shape index (κ3) is 1.88. The third-order valence-electron chi connectivity index (χ3n) is 1.93. The van der Waals surface area contributed by atoms with E-state index in [1.165, 1.54) is 0 Å². The van der Waals surface area contributed by atoms with Gasteiger partial charge in [0.25, 0.3) is 5.91 Å². The molecule has 3 heteroatoms. The number of amides is 1. The van der Waals surface area contributed by atoms with E-state index in [1.807, 2.05) is 12.3 Å². The van der Waals surface area contributed by atoms with Gasteiger partial charge in [0.2, 0.25) is 0 Å². The molecular weight excluding hydrogens is 265 g/mol. The Morgan fingerprint density at radius 1 is 1.50 bits per heavy atom. The Hall–Kier alpha value is -0.320. The highest BCUT2D eigenvalue weighted by Gasteiger charge is 2.22. The number of carbonyl (C=O) groups is 1. The topological polar surface area (TPSA) is 20.3 Å². The Kier molecular flexibility index (Phi) is 2.61. The van der Waals surface area contributed by atoms with Gasteiger partial charge >= 0.3 is 0 Å². The van der Waals surface area contributed by atoms with Crippen LogP contribution in [0, 0.1) is 5.41 Å². The number of rotatable bonds is 0. The SMILES string of the molecule is CN1C=CC(C)(C)C(I)=CC1=O. The van der Waals surface area contributed by atoms with Gasteiger partial charge in [-0.2, -0.15) is 0 Å². The summed E-state index contributed by atoms with van der Waals surface area (Å²) in [7, 11) is 1.76. The molecule has 0 unspecified atom stereocenters. The summed E-state index contributed by atoms with van der Waals surface area (Å²) >= 11 is 2.21. The van der Waals surface area contributed by atoms with Crippen molar-refractivity contribution in [2.45, 2.75) is 13.8 Å². The summed E-state index contributed by atoms with van der Waals surface area (Å²) in [6, 6.07) is 0. The van der Waals surface area contributed by atoms with Crippen molar-refractivity contribution in [1.29, 1.82) is 0 Å². The van der Waals surface area contributed by atoms with Gasteiger partial charge in [0.1, 0.15) is 0 Å². The summed E-state index contributed by atoms with van der Waals surface area (Å²) in [6.07, 6.45) is 5.54. The molecule has 0 radical (unpaired) electrons. The number of allylic oxidation sites excluding steroid dienone is 2. The fourth-order valence-corrected chi connectivity index (χ4v) is 1.29. The lowest BCUT2D eigenvalue weighted by Gasteiger charge is -2.17. The van der Waals surface area contributed by atoms with E-state index in [0.29, 0.717) is 0 Å². The molecule has 0 aromatic heterocycles. The van der Waals surface area contributed by atoms with Crippen molar-refractivity contribution in [2.75, 3.05) is 7.05 Å². The summed E-state index contributed by atoms with van der Waals surface area (Å²) in [5.41, 5.74) is -0.0129. The Bertz CT molecular complexity index is 266. The molecule has 0 aromatic carbocycles. The summed E-state index contributed by atoms with van der Waals surface area (Å²) in [5, 5.41) is 0. The largest absolute Gasteiger partial charge is 0.319 e. The fourth-order valence-electron chi connectivity index (χ4n) is 0.847. The normalized spacial score (nSPS) is 22.2. The van der Waals surface area contributed by atoms with E-state index in [9.17, 15) is 4.79 Å². The molecule has 1 heterocycles. The lowest BCUT2D eigenvalue weighted by molar-refractivity contribution is -0.122. The van der Waals surface area contributed by atoms with Crippen molar-refractivity contribution < 1.29 is 4.79 Å². The molecule has 1 aliphatic rings. The van der Waals surface area contributed by atoms with Gasteiger partial charge in [-0.05, 0) is 22.6 Å². The second-order valence-corrected chi connectivity index (χ2v) is 4.64. The third-order valence-corrected chi connectivity index (χ3v) is 3.63. The maximum absolute atomic E-state index is 11.3. The van der Waals surface area contributed by atoms with E-state index >= 15 is 0 Å². The average Bonchev–Trinajstić information content (AvgIpc) is 2.05. The molecular formula is C9H12INO. The Labute approximate surface area is 86.5 Å². The smallest absolute Gasteiger partial charge is 0.250 e. The van der Waals surface area contributed by atoms with E-state index in [0.717, 1.165) is 3.58 Å². The zero-order valence-electron chi connectivity index (χ0n) is 7.47. The van der Waals surface area contributed by atoms with Crippen LogP contribution in [0.5, 0.6) is 0 Å². The molecule has 0 spiro atoms. The first-order chi connectivity index (χ1) is 5.43. The number of halogens is 1. The zero-order chi connectivity index (χ0) is 9.35. The minimum absolute atomic E-state index is 0.0129. The van der Waals surface area contributed by atoms with Crippen molar-refractivity contribution in [2.24, 2.45) is 5.41 Å². The van der Waals surface area contributed by atoms with Gasteiger partial charge in [-0.25, -0.2) is 0 Å². The van der Waals surface area contributed by atoms with E-state index < -0.39 is 0 Å². The van der Waals surface area contributed by atoms with E-state index in [-0.39, 0.29) is 11.3 Å². The monoisotopic (exact) mass is 277 g/mol. The first-order valence-electron chi connectivity index (χ1n) is 3.77. The molecule has 0 fully saturated rings. The van der Waals surface area contributed by atoms with Crippen LogP contribution in [0.2, 0.25) is 0 Å². The first-order valence-corrected chi connectivity index (χ1v) is 4.85. The lowest BCUT2D eigenvalue weighted by atomic mass is 9.93. The predicted octanol–water partition coefficient (Wildman–Crippen LogP) is 2.32. The maximum Gasteiger partial charge on any atom is 0.250 e. The molecule has 0 aromatic rings. The number of likely N-dealkylation sites (N-methyl/N-ethyl adjacent to an activating group) is 1. The highest BCUT2D eigenvalue weighted by atomic mass is 127. The van der Waals surface area contributed by atoms with Gasteiger partial charge in [0.05, 0.1) is 0 Å². The first kappa shape index (κ1) is 9.77. The molecule has 0 saturated carbocycles. The summed E-state index contributed by atoms with van der Waals surface area (Å²) in [5.74, 6) is 0.0428. The molecule has 0 aliphatic carbocycles. The molecule has 0 N–H and O–H groups in total. The Morgan fingerprint density at radius 3 is 2.67 bits per heavy atom. The van der Waals surface area contributed by atoms with E-state index in [2.05, 4.69) is 36.4 Å². The molecule has 12 heavy (non-hydrogen) atoms. The van der Waals surface area contributed by atoms with Crippen LogP contribution >= 0.6 is 22.6 Å². The molecule has 1 aliphatic heterocycles. The summed E-state index contributed by atoms with van der Waals surface area (Å²) < 4.78 is 1.07. The van der Waals surface area contributed by atoms with Crippen molar-refractivity contribution in [3.8, 4) is 0 Å². The number of hydrogen-bond donors (Lipinski definition) is 0. The van der Waals surface area contributed by atoms with Crippen LogP contribution in [0.4, 0.5) is 0 Å². The standard InChI is InChI=1S/C9H12INO/c1-9(2)4-5-11(3)8(12)6-7(9)10/h4-6H,1-3H3. The van der Waals surface area contributed by atoms with Crippen LogP contribution in [-0.2, 0) is 4.79 Å². The van der Waals surface area contributed by atoms with Crippen LogP contribution in [-0.4, -0.2) is 17.9 Å². The van der Waals surface area contributed by atoms with Gasteiger partial charge in [0.15, 0.2) is 0 Å². The van der Waals surface area contributed by atoms with Gasteiger partial charge in [-0.1, -0.05) is 19.9 Å². The van der Waals surface area contributed by atoms with Crippen molar-refractivity contribution in [3.63, 3.8) is 0 Å². The fraction of sp³-hybridized carbons (Fsp3) is 0.444. The van der Waals surface area contributed by atoms with Crippen molar-refractivity contribution >= 4 is 28.5 Å². The molecule has 0 saturated heterocycles. The molecule has 1 rings (SSSR count). The second-order valence-electron chi connectivity index (χ2n) is 3.48. The van der Waals surface area contributed by atoms with Gasteiger partial charge in [-0.3, -0.25) is 4.79 Å². The van der Waals surface area contributed by atoms with Crippen LogP contribution < -0.4 is 0 Å². The van der Waals surface area contributed by atoms with Gasteiger partial charge in [-0.15, -0.1) is 0 Å². The molecule has 1 amide bonds. The van der Waals surface area contributed by atoms with Crippen molar-refractivity contribution in [1.82, 2.24) is 4.90 Å². The Balaban J connectivity index is 3.08. The predicted molar refractivity (Wildman–Crippen MR) is 57.8 cm³/mol. The zero-order valence-corrected chi connectivity index (χ0v) is 9.62. The van der Waals surface area contributed by atoms with Gasteiger partial charge < -0.3 is 4.90 Å². The minimum atomic E-state index is -0.0129. The lowest BCUT2D eigenvalue weighted by Crippen LogP contribution is -2.17. The molecule has 66 valence electrons. The quantitative estimate of drug-likeness (QED) is 0.622. The van der Waals surface area contributed by atoms with Crippen LogP contribution in [0.3, 0.4) is 0 Å². The highest BCUT2D eigenvalue weighted by Crippen LogP contribution is 2.34. The molecule has 0 bridgehead atoms. The highest BCUT2D eigenvalue weighted by molar-refractivity contribution is 14.1. The average molecular weight is 277 g/mol. The number of nitrogens with zero attached hydrogens (tertiary/aromatic N) is 1. The minimum Gasteiger partial charge on any atom is -0.319 e. The Morgan fingerprint density at radius 2 is 2.08 bits per heavy atom. The van der Waals surface area contributed by atoms with E-state index in [4.69, 9.17) is 0 Å². The summed E-state index contributed by atoms with van der Waals surface area (Å²) in [4.78, 5) is 12.9. The second kappa shape index (κ2) is 3.20. The molecule has 0 atom stereocenters. The molecule has 2 nitrogen and oxygen atoms in total. The van der Waals surface area contributed by atoms with E-state index in [1.54, 1.807) is 18.0 Å². The summed E-state index contributed by atoms with van der Waals surface area (Å²) in [6.45, 7) is 4.18. The van der Waals surface area contributed by atoms with Crippen LogP contribution in [0.15, 0.2) is 21.9 Å². The van der Waals surface area contributed by atoms with Crippen LogP contribution in [0.25, 0.3) is 0 Å². The van der Waals surface area contributed by atoms with Gasteiger partial charge in [0, 0.05) is 28.3 Å². The number of hydrogen-bond acceptors (Lipinski definition) is 1. The van der Waals surface area contributed by atoms with Crippen LogP contribution in [0.1, 0.15) is 13.8 Å².